The number of nitrogens with zero attached hydrogens (tertiary/aromatic N) is 2. The van der Waals surface area contributed by atoms with Crippen molar-refractivity contribution in [1.82, 2.24) is 10.2 Å². The molecule has 164 valence electrons. The highest BCUT2D eigenvalue weighted by Gasteiger charge is 2.37. The number of aromatic nitrogens is 2. The molecule has 1 heterocycles. The van der Waals surface area contributed by atoms with Crippen LogP contribution in [0.4, 0.5) is 32.4 Å². The molecule has 0 saturated heterocycles. The van der Waals surface area contributed by atoms with Crippen molar-refractivity contribution >= 4 is 11.9 Å². The molecule has 1 amide bonds. The Bertz CT molecular complexity index is 1090. The molecule has 1 aromatic heterocycles. The van der Waals surface area contributed by atoms with Crippen molar-refractivity contribution < 1.29 is 35.6 Å². The molecular weight excluding hydrogens is 428 g/mol. The predicted octanol–water partition coefficient (Wildman–Crippen LogP) is 5.57. The van der Waals surface area contributed by atoms with Crippen LogP contribution in [0.5, 0.6) is 0 Å². The number of rotatable bonds is 4. The van der Waals surface area contributed by atoms with Crippen LogP contribution in [-0.4, -0.2) is 16.1 Å². The molecule has 0 aliphatic rings. The van der Waals surface area contributed by atoms with Gasteiger partial charge in [-0.15, -0.1) is 5.10 Å². The molecule has 0 bridgehead atoms. The van der Waals surface area contributed by atoms with Gasteiger partial charge >= 0.3 is 18.4 Å². The van der Waals surface area contributed by atoms with Crippen LogP contribution in [0.2, 0.25) is 0 Å². The summed E-state index contributed by atoms with van der Waals surface area (Å²) in [5.74, 6) is -1.14. The summed E-state index contributed by atoms with van der Waals surface area (Å²) in [6.07, 6.45) is -9.91. The molecule has 0 spiro atoms. The van der Waals surface area contributed by atoms with Gasteiger partial charge in [-0.05, 0) is 48.7 Å². The number of hydrogen-bond donors (Lipinski definition) is 1. The van der Waals surface area contributed by atoms with Crippen molar-refractivity contribution in [2.45, 2.75) is 32.6 Å². The number of alkyl halides is 6. The number of anilines is 1. The fourth-order valence-corrected chi connectivity index (χ4v) is 2.72. The lowest BCUT2D eigenvalue weighted by molar-refractivity contribution is -0.143. The number of aryl methyl sites for hydroxylation is 2. The molecule has 0 fully saturated rings. The standard InChI is InChI=1S/C20H15F6N3O2/c1-10-3-4-12(5-11(10)2)6-16-28-29-18(31-16)27-17(30)13-7-14(19(21,22)23)9-15(8-13)20(24,25)26/h3-5,7-9H,6H2,1-2H3,(H,27,29,30). The minimum absolute atomic E-state index is 0.0643. The Labute approximate surface area is 172 Å². The lowest BCUT2D eigenvalue weighted by Gasteiger charge is -2.13. The first-order valence-corrected chi connectivity index (χ1v) is 8.82. The molecule has 5 nitrogen and oxygen atoms in total. The second kappa shape index (κ2) is 8.05. The van der Waals surface area contributed by atoms with E-state index in [-0.39, 0.29) is 18.4 Å². The average Bonchev–Trinajstić information content (AvgIpc) is 3.09. The molecule has 11 heteroatoms. The zero-order valence-corrected chi connectivity index (χ0v) is 16.1. The van der Waals surface area contributed by atoms with E-state index in [1.165, 1.54) is 0 Å². The van der Waals surface area contributed by atoms with Crippen molar-refractivity contribution in [2.24, 2.45) is 0 Å². The molecular formula is C20H15F6N3O2. The van der Waals surface area contributed by atoms with Gasteiger partial charge in [0.2, 0.25) is 5.89 Å². The molecule has 2 aromatic carbocycles. The van der Waals surface area contributed by atoms with Crippen LogP contribution in [0.3, 0.4) is 0 Å². The zero-order valence-electron chi connectivity index (χ0n) is 16.1. The molecule has 0 aliphatic carbocycles. The van der Waals surface area contributed by atoms with Gasteiger partial charge in [0.15, 0.2) is 0 Å². The van der Waals surface area contributed by atoms with E-state index in [0.29, 0.717) is 12.1 Å². The van der Waals surface area contributed by atoms with E-state index in [2.05, 4.69) is 10.2 Å². The Balaban J connectivity index is 1.81. The van der Waals surface area contributed by atoms with Gasteiger partial charge in [-0.3, -0.25) is 10.1 Å². The van der Waals surface area contributed by atoms with E-state index in [0.717, 1.165) is 16.7 Å². The molecule has 0 aliphatic heterocycles. The van der Waals surface area contributed by atoms with E-state index < -0.39 is 41.0 Å². The number of nitrogens with one attached hydrogen (secondary N) is 1. The lowest BCUT2D eigenvalue weighted by atomic mass is 10.0. The smallest absolute Gasteiger partial charge is 0.407 e. The van der Waals surface area contributed by atoms with Gasteiger partial charge in [-0.2, -0.15) is 26.3 Å². The number of carbonyl (C=O) groups is 1. The monoisotopic (exact) mass is 443 g/mol. The van der Waals surface area contributed by atoms with Gasteiger partial charge in [0.1, 0.15) is 0 Å². The van der Waals surface area contributed by atoms with Crippen LogP contribution in [0, 0.1) is 13.8 Å². The first kappa shape index (κ1) is 22.3. The fraction of sp³-hybridized carbons (Fsp3) is 0.250. The fourth-order valence-electron chi connectivity index (χ4n) is 2.72. The first-order chi connectivity index (χ1) is 14.3. The molecule has 0 unspecified atom stereocenters. The van der Waals surface area contributed by atoms with Gasteiger partial charge in [0.05, 0.1) is 17.5 Å². The lowest BCUT2D eigenvalue weighted by Crippen LogP contribution is -2.17. The van der Waals surface area contributed by atoms with E-state index in [4.69, 9.17) is 4.42 Å². The summed E-state index contributed by atoms with van der Waals surface area (Å²) in [6, 6.07) is 5.76. The highest BCUT2D eigenvalue weighted by molar-refractivity contribution is 6.03. The predicted molar refractivity (Wildman–Crippen MR) is 97.4 cm³/mol. The maximum Gasteiger partial charge on any atom is 0.416 e. The van der Waals surface area contributed by atoms with Gasteiger partial charge in [-0.1, -0.05) is 23.3 Å². The molecule has 3 aromatic rings. The number of carbonyl (C=O) groups excluding carboxylic acids is 1. The van der Waals surface area contributed by atoms with Crippen molar-refractivity contribution in [3.05, 3.63) is 75.7 Å². The van der Waals surface area contributed by atoms with Crippen LogP contribution in [0.25, 0.3) is 0 Å². The van der Waals surface area contributed by atoms with Crippen molar-refractivity contribution in [2.75, 3.05) is 5.32 Å². The van der Waals surface area contributed by atoms with E-state index in [9.17, 15) is 31.1 Å². The minimum atomic E-state index is -5.07. The third-order valence-electron chi connectivity index (χ3n) is 4.46. The second-order valence-corrected chi connectivity index (χ2v) is 6.85. The summed E-state index contributed by atoms with van der Waals surface area (Å²) in [7, 11) is 0. The molecule has 0 atom stereocenters. The van der Waals surface area contributed by atoms with Crippen LogP contribution < -0.4 is 5.32 Å². The summed E-state index contributed by atoms with van der Waals surface area (Å²) in [4.78, 5) is 12.2. The number of halogens is 6. The second-order valence-electron chi connectivity index (χ2n) is 6.85. The number of amides is 1. The Morgan fingerprint density at radius 1 is 0.903 bits per heavy atom. The topological polar surface area (TPSA) is 68.0 Å². The van der Waals surface area contributed by atoms with Crippen molar-refractivity contribution in [3.8, 4) is 0 Å². The molecule has 3 rings (SSSR count). The first-order valence-electron chi connectivity index (χ1n) is 8.82. The molecule has 31 heavy (non-hydrogen) atoms. The highest BCUT2D eigenvalue weighted by Crippen LogP contribution is 2.36. The summed E-state index contributed by atoms with van der Waals surface area (Å²) < 4.78 is 82.9. The normalized spacial score (nSPS) is 12.1. The number of benzene rings is 2. The third kappa shape index (κ3) is 5.41. The third-order valence-corrected chi connectivity index (χ3v) is 4.46. The maximum atomic E-state index is 13.0. The average molecular weight is 443 g/mol. The molecule has 0 radical (unpaired) electrons. The number of hydrogen-bond acceptors (Lipinski definition) is 4. The van der Waals surface area contributed by atoms with Crippen LogP contribution in [0.15, 0.2) is 40.8 Å². The molecule has 1 N–H and O–H groups in total. The van der Waals surface area contributed by atoms with Gasteiger partial charge in [-0.25, -0.2) is 0 Å². The van der Waals surface area contributed by atoms with Gasteiger partial charge in [0.25, 0.3) is 5.91 Å². The zero-order chi connectivity index (χ0) is 23.0. The van der Waals surface area contributed by atoms with Crippen LogP contribution in [0.1, 0.15) is 44.1 Å². The van der Waals surface area contributed by atoms with Gasteiger partial charge < -0.3 is 4.42 Å². The van der Waals surface area contributed by atoms with Crippen LogP contribution >= 0.6 is 0 Å². The maximum absolute atomic E-state index is 13.0. The summed E-state index contributed by atoms with van der Waals surface area (Å²) >= 11 is 0. The van der Waals surface area contributed by atoms with E-state index in [1.807, 2.05) is 37.4 Å². The Morgan fingerprint density at radius 3 is 2.06 bits per heavy atom. The quantitative estimate of drug-likeness (QED) is 0.536. The Hall–Kier alpha value is -3.37. The highest BCUT2D eigenvalue weighted by atomic mass is 19.4. The SMILES string of the molecule is Cc1ccc(Cc2nnc(NC(=O)c3cc(C(F)(F)F)cc(C(F)(F)F)c3)o2)cc1C. The van der Waals surface area contributed by atoms with Crippen LogP contribution in [-0.2, 0) is 18.8 Å². The summed E-state index contributed by atoms with van der Waals surface area (Å²) in [6.45, 7) is 3.86. The summed E-state index contributed by atoms with van der Waals surface area (Å²) in [5, 5.41) is 9.33. The minimum Gasteiger partial charge on any atom is -0.407 e. The van der Waals surface area contributed by atoms with Crippen molar-refractivity contribution in [1.29, 1.82) is 0 Å². The van der Waals surface area contributed by atoms with E-state index >= 15 is 0 Å². The largest absolute Gasteiger partial charge is 0.416 e. The van der Waals surface area contributed by atoms with Gasteiger partial charge in [0, 0.05) is 5.56 Å². The molecule has 0 saturated carbocycles. The Morgan fingerprint density at radius 2 is 1.52 bits per heavy atom. The van der Waals surface area contributed by atoms with Crippen molar-refractivity contribution in [3.63, 3.8) is 0 Å². The Kier molecular flexibility index (Phi) is 5.79. The summed E-state index contributed by atoms with van der Waals surface area (Å²) in [5.41, 5.74) is -1.09. The van der Waals surface area contributed by atoms with E-state index in [1.54, 1.807) is 0 Å².